The molecule has 1 atom stereocenters. The molecule has 0 heterocycles. The van der Waals surface area contributed by atoms with E-state index in [1.54, 1.807) is 0 Å². The normalized spacial score (nSPS) is 13.3. The third-order valence-corrected chi connectivity index (χ3v) is 3.35. The predicted molar refractivity (Wildman–Crippen MR) is 71.6 cm³/mol. The van der Waals surface area contributed by atoms with Gasteiger partial charge in [0.25, 0.3) is 0 Å². The quantitative estimate of drug-likeness (QED) is 0.861. The lowest BCUT2D eigenvalue weighted by Gasteiger charge is -2.14. The summed E-state index contributed by atoms with van der Waals surface area (Å²) in [7, 11) is 0. The molecular formula is C14H11BrF3N. The van der Waals surface area contributed by atoms with Gasteiger partial charge in [0.2, 0.25) is 0 Å². The van der Waals surface area contributed by atoms with Crippen molar-refractivity contribution >= 4 is 15.9 Å². The van der Waals surface area contributed by atoms with Gasteiger partial charge in [0.05, 0.1) is 11.6 Å². The number of halogens is 4. The molecule has 19 heavy (non-hydrogen) atoms. The molecule has 0 radical (unpaired) electrons. The second-order valence-corrected chi connectivity index (χ2v) is 5.06. The van der Waals surface area contributed by atoms with Crippen LogP contribution in [-0.2, 0) is 6.18 Å². The summed E-state index contributed by atoms with van der Waals surface area (Å²) >= 11 is 3.32. The highest BCUT2D eigenvalue weighted by atomic mass is 79.9. The second kappa shape index (κ2) is 5.35. The standard InChI is InChI=1S/C14H11BrF3N/c15-12-7-3-10(4-8-12)13(19)9-1-5-11(6-2-9)14(16,17)18/h1-8,13H,19H2. The van der Waals surface area contributed by atoms with Gasteiger partial charge in [-0.15, -0.1) is 0 Å². The van der Waals surface area contributed by atoms with Crippen molar-refractivity contribution in [3.8, 4) is 0 Å². The third kappa shape index (κ3) is 3.36. The van der Waals surface area contributed by atoms with Crippen molar-refractivity contribution < 1.29 is 13.2 Å². The lowest BCUT2D eigenvalue weighted by molar-refractivity contribution is -0.137. The molecule has 0 bridgehead atoms. The van der Waals surface area contributed by atoms with Crippen LogP contribution in [0.3, 0.4) is 0 Å². The molecule has 0 aromatic heterocycles. The molecule has 0 amide bonds. The Morgan fingerprint density at radius 2 is 1.26 bits per heavy atom. The Morgan fingerprint density at radius 3 is 1.68 bits per heavy atom. The largest absolute Gasteiger partial charge is 0.416 e. The summed E-state index contributed by atoms with van der Waals surface area (Å²) in [5.74, 6) is 0. The lowest BCUT2D eigenvalue weighted by atomic mass is 9.98. The number of hydrogen-bond acceptors (Lipinski definition) is 1. The molecule has 0 aliphatic heterocycles. The SMILES string of the molecule is NC(c1ccc(Br)cc1)c1ccc(C(F)(F)F)cc1. The molecule has 0 aliphatic carbocycles. The van der Waals surface area contributed by atoms with E-state index in [-0.39, 0.29) is 0 Å². The number of rotatable bonds is 2. The third-order valence-electron chi connectivity index (χ3n) is 2.83. The fraction of sp³-hybridized carbons (Fsp3) is 0.143. The summed E-state index contributed by atoms with van der Waals surface area (Å²) in [5.41, 5.74) is 6.86. The Morgan fingerprint density at radius 1 is 0.842 bits per heavy atom. The number of alkyl halides is 3. The van der Waals surface area contributed by atoms with Crippen LogP contribution in [0.5, 0.6) is 0 Å². The van der Waals surface area contributed by atoms with Crippen LogP contribution in [0.15, 0.2) is 53.0 Å². The zero-order chi connectivity index (χ0) is 14.0. The second-order valence-electron chi connectivity index (χ2n) is 4.15. The summed E-state index contributed by atoms with van der Waals surface area (Å²) in [5, 5.41) is 0. The van der Waals surface area contributed by atoms with E-state index >= 15 is 0 Å². The van der Waals surface area contributed by atoms with Crippen molar-refractivity contribution in [2.75, 3.05) is 0 Å². The van der Waals surface area contributed by atoms with Gasteiger partial charge in [-0.2, -0.15) is 13.2 Å². The van der Waals surface area contributed by atoms with Crippen LogP contribution in [0.25, 0.3) is 0 Å². The van der Waals surface area contributed by atoms with Crippen molar-refractivity contribution in [3.05, 3.63) is 69.7 Å². The van der Waals surface area contributed by atoms with Crippen molar-refractivity contribution in [1.29, 1.82) is 0 Å². The van der Waals surface area contributed by atoms with Crippen LogP contribution in [-0.4, -0.2) is 0 Å². The van der Waals surface area contributed by atoms with Crippen LogP contribution in [0.4, 0.5) is 13.2 Å². The summed E-state index contributed by atoms with van der Waals surface area (Å²) in [6, 6.07) is 11.9. The fourth-order valence-electron chi connectivity index (χ4n) is 1.74. The first-order valence-electron chi connectivity index (χ1n) is 5.56. The minimum absolute atomic E-state index is 0.435. The Balaban J connectivity index is 2.25. The van der Waals surface area contributed by atoms with Crippen molar-refractivity contribution in [2.45, 2.75) is 12.2 Å². The molecule has 0 saturated heterocycles. The van der Waals surface area contributed by atoms with Crippen molar-refractivity contribution in [3.63, 3.8) is 0 Å². The summed E-state index contributed by atoms with van der Waals surface area (Å²) in [4.78, 5) is 0. The van der Waals surface area contributed by atoms with Gasteiger partial charge in [-0.3, -0.25) is 0 Å². The van der Waals surface area contributed by atoms with Crippen LogP contribution >= 0.6 is 15.9 Å². The van der Waals surface area contributed by atoms with E-state index in [2.05, 4.69) is 15.9 Å². The van der Waals surface area contributed by atoms with Gasteiger partial charge in [-0.25, -0.2) is 0 Å². The number of hydrogen-bond donors (Lipinski definition) is 1. The van der Waals surface area contributed by atoms with Crippen molar-refractivity contribution in [1.82, 2.24) is 0 Å². The average Bonchev–Trinajstić information content (AvgIpc) is 2.38. The van der Waals surface area contributed by atoms with Gasteiger partial charge in [0.15, 0.2) is 0 Å². The topological polar surface area (TPSA) is 26.0 Å². The highest BCUT2D eigenvalue weighted by molar-refractivity contribution is 9.10. The molecule has 2 N–H and O–H groups in total. The van der Waals surface area contributed by atoms with Crippen LogP contribution in [0.1, 0.15) is 22.7 Å². The molecule has 100 valence electrons. The molecule has 2 aromatic rings. The Hall–Kier alpha value is -1.33. The van der Waals surface area contributed by atoms with Gasteiger partial charge < -0.3 is 5.73 Å². The highest BCUT2D eigenvalue weighted by Gasteiger charge is 2.30. The fourth-order valence-corrected chi connectivity index (χ4v) is 2.01. The van der Waals surface area contributed by atoms with Gasteiger partial charge in [-0.1, -0.05) is 40.2 Å². The predicted octanol–water partition coefficient (Wildman–Crippen LogP) is 4.52. The Labute approximate surface area is 117 Å². The summed E-state index contributed by atoms with van der Waals surface area (Å²) in [6.45, 7) is 0. The zero-order valence-electron chi connectivity index (χ0n) is 9.79. The van der Waals surface area contributed by atoms with Crippen LogP contribution < -0.4 is 5.73 Å². The average molecular weight is 330 g/mol. The smallest absolute Gasteiger partial charge is 0.320 e. The van der Waals surface area contributed by atoms with E-state index in [1.165, 1.54) is 12.1 Å². The lowest BCUT2D eigenvalue weighted by Crippen LogP contribution is -2.12. The van der Waals surface area contributed by atoms with Gasteiger partial charge in [0.1, 0.15) is 0 Å². The maximum atomic E-state index is 12.5. The molecule has 1 unspecified atom stereocenters. The highest BCUT2D eigenvalue weighted by Crippen LogP contribution is 2.30. The van der Waals surface area contributed by atoms with E-state index in [0.29, 0.717) is 5.56 Å². The minimum atomic E-state index is -4.32. The van der Waals surface area contributed by atoms with Gasteiger partial charge in [-0.05, 0) is 35.4 Å². The molecule has 2 aromatic carbocycles. The molecule has 0 spiro atoms. The molecule has 1 nitrogen and oxygen atoms in total. The van der Waals surface area contributed by atoms with Crippen LogP contribution in [0.2, 0.25) is 0 Å². The first kappa shape index (κ1) is 14.1. The molecular weight excluding hydrogens is 319 g/mol. The first-order chi connectivity index (χ1) is 8.88. The van der Waals surface area contributed by atoms with E-state index in [0.717, 1.165) is 22.2 Å². The minimum Gasteiger partial charge on any atom is -0.320 e. The molecule has 0 saturated carbocycles. The van der Waals surface area contributed by atoms with E-state index < -0.39 is 17.8 Å². The van der Waals surface area contributed by atoms with Gasteiger partial charge in [0, 0.05) is 4.47 Å². The van der Waals surface area contributed by atoms with Crippen LogP contribution in [0, 0.1) is 0 Å². The first-order valence-corrected chi connectivity index (χ1v) is 6.35. The summed E-state index contributed by atoms with van der Waals surface area (Å²) < 4.78 is 38.3. The van der Waals surface area contributed by atoms with E-state index in [1.807, 2.05) is 24.3 Å². The number of nitrogens with two attached hydrogens (primary N) is 1. The molecule has 0 aliphatic rings. The van der Waals surface area contributed by atoms with Gasteiger partial charge >= 0.3 is 6.18 Å². The van der Waals surface area contributed by atoms with E-state index in [9.17, 15) is 13.2 Å². The molecule has 0 fully saturated rings. The van der Waals surface area contributed by atoms with E-state index in [4.69, 9.17) is 5.73 Å². The number of benzene rings is 2. The zero-order valence-corrected chi connectivity index (χ0v) is 11.4. The molecule has 2 rings (SSSR count). The van der Waals surface area contributed by atoms with Crippen molar-refractivity contribution in [2.24, 2.45) is 5.73 Å². The monoisotopic (exact) mass is 329 g/mol. The summed E-state index contributed by atoms with van der Waals surface area (Å²) in [6.07, 6.45) is -4.32. The Kier molecular flexibility index (Phi) is 3.96. The maximum absolute atomic E-state index is 12.5. The maximum Gasteiger partial charge on any atom is 0.416 e. The Bertz CT molecular complexity index is 546. The molecule has 5 heteroatoms.